The molecule has 6 nitrogen and oxygen atoms in total. The number of methoxy groups -OCH3 is 1. The number of piperidine rings is 1. The van der Waals surface area contributed by atoms with Gasteiger partial charge in [0, 0.05) is 19.3 Å². The number of halogens is 3. The number of alkyl halides is 3. The second kappa shape index (κ2) is 8.59. The molecule has 0 radical (unpaired) electrons. The first kappa shape index (κ1) is 21.4. The predicted molar refractivity (Wildman–Crippen MR) is 100 cm³/mol. The molecule has 2 heterocycles. The minimum absolute atomic E-state index is 0.128. The number of aromatic nitrogens is 1. The van der Waals surface area contributed by atoms with E-state index in [0.29, 0.717) is 32.2 Å². The van der Waals surface area contributed by atoms with Crippen LogP contribution >= 0.6 is 0 Å². The summed E-state index contributed by atoms with van der Waals surface area (Å²) >= 11 is 0. The quantitative estimate of drug-likeness (QED) is 0.767. The zero-order chi connectivity index (χ0) is 21.1. The molecule has 29 heavy (non-hydrogen) atoms. The van der Waals surface area contributed by atoms with Crippen LogP contribution in [0.1, 0.15) is 50.5 Å². The third-order valence-corrected chi connectivity index (χ3v) is 5.83. The number of hydrogen-bond acceptors (Lipinski definition) is 5. The van der Waals surface area contributed by atoms with Crippen molar-refractivity contribution in [2.75, 3.05) is 25.1 Å². The molecule has 1 saturated carbocycles. The Balaban J connectivity index is 1.76. The number of esters is 1. The first-order chi connectivity index (χ1) is 13.8. The molecule has 0 unspecified atom stereocenters. The van der Waals surface area contributed by atoms with E-state index in [9.17, 15) is 22.8 Å². The monoisotopic (exact) mass is 413 g/mol. The average Bonchev–Trinajstić information content (AvgIpc) is 2.73. The molecule has 1 saturated heterocycles. The largest absolute Gasteiger partial charge is 0.467 e. The Bertz CT molecular complexity index is 748. The zero-order valence-corrected chi connectivity index (χ0v) is 16.4. The molecule has 1 aliphatic carbocycles. The van der Waals surface area contributed by atoms with Crippen molar-refractivity contribution in [2.45, 2.75) is 56.7 Å². The highest BCUT2D eigenvalue weighted by Gasteiger charge is 2.44. The van der Waals surface area contributed by atoms with E-state index in [1.807, 2.05) is 0 Å². The number of hydrogen-bond donors (Lipinski definition) is 1. The van der Waals surface area contributed by atoms with Gasteiger partial charge in [-0.25, -0.2) is 9.78 Å². The topological polar surface area (TPSA) is 71.5 Å². The summed E-state index contributed by atoms with van der Waals surface area (Å²) in [6, 6.07) is 2.25. The van der Waals surface area contributed by atoms with Gasteiger partial charge in [-0.2, -0.15) is 13.2 Å². The summed E-state index contributed by atoms with van der Waals surface area (Å²) < 4.78 is 45.0. The molecule has 1 N–H and O–H groups in total. The van der Waals surface area contributed by atoms with Crippen LogP contribution in [0.15, 0.2) is 18.3 Å². The highest BCUT2D eigenvalue weighted by atomic mass is 19.4. The predicted octanol–water partition coefficient (Wildman–Crippen LogP) is 3.31. The first-order valence-corrected chi connectivity index (χ1v) is 9.94. The molecule has 1 amide bonds. The van der Waals surface area contributed by atoms with E-state index in [1.165, 1.54) is 24.3 Å². The van der Waals surface area contributed by atoms with Crippen LogP contribution in [0.3, 0.4) is 0 Å². The second-order valence-electron chi connectivity index (χ2n) is 7.78. The summed E-state index contributed by atoms with van der Waals surface area (Å²) in [5, 5.41) is 2.89. The van der Waals surface area contributed by atoms with Crippen LogP contribution in [0.4, 0.5) is 19.0 Å². The van der Waals surface area contributed by atoms with E-state index >= 15 is 0 Å². The number of rotatable bonds is 4. The number of nitrogens with one attached hydrogen (secondary N) is 1. The van der Waals surface area contributed by atoms with Gasteiger partial charge >= 0.3 is 12.1 Å². The lowest BCUT2D eigenvalue weighted by Crippen LogP contribution is -2.58. The molecule has 3 rings (SSSR count). The molecule has 0 aromatic carbocycles. The lowest BCUT2D eigenvalue weighted by molar-refractivity contribution is -0.153. The Labute approximate surface area is 167 Å². The Morgan fingerprint density at radius 3 is 2.62 bits per heavy atom. The molecule has 2 fully saturated rings. The molecular formula is C20H26F3N3O3. The van der Waals surface area contributed by atoms with Crippen molar-refractivity contribution in [1.29, 1.82) is 0 Å². The third kappa shape index (κ3) is 4.64. The molecule has 1 aliphatic heterocycles. The first-order valence-electron chi connectivity index (χ1n) is 9.94. The standard InChI is InChI=1S/C20H26F3N3O3/c1-29-18(28)19(9-3-2-4-10-19)25-17(27)14-7-6-12-26(13-14)16-15(20(21,22)23)8-5-11-24-16/h5,8,11,14H,2-4,6-7,9-10,12-13H2,1H3,(H,25,27)/t14-/m1/s1. The van der Waals surface area contributed by atoms with E-state index < -0.39 is 29.2 Å². The minimum atomic E-state index is -4.52. The Kier molecular flexibility index (Phi) is 6.33. The van der Waals surface area contributed by atoms with Crippen LogP contribution in [0, 0.1) is 5.92 Å². The van der Waals surface area contributed by atoms with E-state index in [4.69, 9.17) is 4.74 Å². The molecule has 9 heteroatoms. The van der Waals surface area contributed by atoms with Gasteiger partial charge in [-0.05, 0) is 37.8 Å². The van der Waals surface area contributed by atoms with Gasteiger partial charge in [0.15, 0.2) is 0 Å². The summed E-state index contributed by atoms with van der Waals surface area (Å²) in [5.41, 5.74) is -1.84. The molecule has 160 valence electrons. The molecule has 0 spiro atoms. The lowest BCUT2D eigenvalue weighted by atomic mass is 9.81. The minimum Gasteiger partial charge on any atom is -0.467 e. The van der Waals surface area contributed by atoms with Crippen molar-refractivity contribution >= 4 is 17.7 Å². The van der Waals surface area contributed by atoms with Crippen molar-refractivity contribution in [3.8, 4) is 0 Å². The number of pyridine rings is 1. The van der Waals surface area contributed by atoms with E-state index in [-0.39, 0.29) is 18.3 Å². The number of nitrogens with zero attached hydrogens (tertiary/aromatic N) is 2. The summed E-state index contributed by atoms with van der Waals surface area (Å²) in [7, 11) is 1.30. The fourth-order valence-corrected chi connectivity index (χ4v) is 4.32. The summed E-state index contributed by atoms with van der Waals surface area (Å²) in [6.45, 7) is 0.523. The van der Waals surface area contributed by atoms with Gasteiger partial charge in [0.1, 0.15) is 11.4 Å². The molecular weight excluding hydrogens is 387 g/mol. The molecule has 1 aromatic rings. The summed E-state index contributed by atoms with van der Waals surface area (Å²) in [4.78, 5) is 30.8. The number of ether oxygens (including phenoxy) is 1. The maximum atomic E-state index is 13.3. The lowest BCUT2D eigenvalue weighted by Gasteiger charge is -2.38. The second-order valence-corrected chi connectivity index (χ2v) is 7.78. The van der Waals surface area contributed by atoms with E-state index in [0.717, 1.165) is 25.3 Å². The third-order valence-electron chi connectivity index (χ3n) is 5.83. The fraction of sp³-hybridized carbons (Fsp3) is 0.650. The highest BCUT2D eigenvalue weighted by molar-refractivity contribution is 5.89. The van der Waals surface area contributed by atoms with E-state index in [1.54, 1.807) is 0 Å². The average molecular weight is 413 g/mol. The molecule has 1 atom stereocenters. The Hall–Kier alpha value is -2.32. The number of anilines is 1. The van der Waals surface area contributed by atoms with Crippen molar-refractivity contribution in [2.24, 2.45) is 5.92 Å². The van der Waals surface area contributed by atoms with Gasteiger partial charge in [-0.3, -0.25) is 4.79 Å². The maximum Gasteiger partial charge on any atom is 0.419 e. The number of carbonyl (C=O) groups excluding carboxylic acids is 2. The summed E-state index contributed by atoms with van der Waals surface area (Å²) in [6.07, 6.45) is 1.57. The van der Waals surface area contributed by atoms with Crippen LogP contribution in [-0.4, -0.2) is 42.6 Å². The molecule has 1 aromatic heterocycles. The molecule has 2 aliphatic rings. The Morgan fingerprint density at radius 1 is 1.24 bits per heavy atom. The smallest absolute Gasteiger partial charge is 0.419 e. The van der Waals surface area contributed by atoms with E-state index in [2.05, 4.69) is 10.3 Å². The SMILES string of the molecule is COC(=O)C1(NC(=O)[C@@H]2CCCN(c3ncccc3C(F)(F)F)C2)CCCCC1. The van der Waals surface area contributed by atoms with Crippen molar-refractivity contribution in [3.05, 3.63) is 23.9 Å². The van der Waals surface area contributed by atoms with Crippen LogP contribution in [0.5, 0.6) is 0 Å². The normalized spacial score (nSPS) is 22.1. The van der Waals surface area contributed by atoms with Crippen molar-refractivity contribution < 1.29 is 27.5 Å². The van der Waals surface area contributed by atoms with Gasteiger partial charge in [-0.15, -0.1) is 0 Å². The van der Waals surface area contributed by atoms with Crippen LogP contribution < -0.4 is 10.2 Å². The number of carbonyl (C=O) groups is 2. The van der Waals surface area contributed by atoms with Gasteiger partial charge in [0.25, 0.3) is 0 Å². The van der Waals surface area contributed by atoms with Gasteiger partial charge in [0.05, 0.1) is 18.6 Å². The summed E-state index contributed by atoms with van der Waals surface area (Å²) in [5.74, 6) is -1.44. The van der Waals surface area contributed by atoms with Gasteiger partial charge < -0.3 is 15.0 Å². The van der Waals surface area contributed by atoms with Crippen LogP contribution in [0.2, 0.25) is 0 Å². The van der Waals surface area contributed by atoms with Crippen molar-refractivity contribution in [1.82, 2.24) is 10.3 Å². The van der Waals surface area contributed by atoms with Crippen LogP contribution in [0.25, 0.3) is 0 Å². The zero-order valence-electron chi connectivity index (χ0n) is 16.4. The van der Waals surface area contributed by atoms with Gasteiger partial charge in [-0.1, -0.05) is 19.3 Å². The van der Waals surface area contributed by atoms with Crippen LogP contribution in [-0.2, 0) is 20.5 Å². The van der Waals surface area contributed by atoms with Crippen molar-refractivity contribution in [3.63, 3.8) is 0 Å². The Morgan fingerprint density at radius 2 is 1.97 bits per heavy atom. The van der Waals surface area contributed by atoms with Gasteiger partial charge in [0.2, 0.25) is 5.91 Å². The number of amides is 1. The molecule has 0 bridgehead atoms. The highest BCUT2D eigenvalue weighted by Crippen LogP contribution is 2.37. The fourth-order valence-electron chi connectivity index (χ4n) is 4.32. The maximum absolute atomic E-state index is 13.3.